The summed E-state index contributed by atoms with van der Waals surface area (Å²) in [4.78, 5) is 11.8. The van der Waals surface area contributed by atoms with Crippen molar-refractivity contribution in [3.05, 3.63) is 143 Å². The molecular weight excluding hydrogens is 601 g/mol. The smallest absolute Gasteiger partial charge is 0.292 e. The summed E-state index contributed by atoms with van der Waals surface area (Å²) in [6.45, 7) is -0.222. The molecule has 1 saturated heterocycles. The second-order valence-electron chi connectivity index (χ2n) is 9.11. The van der Waals surface area contributed by atoms with E-state index >= 15 is 8.78 Å². The highest BCUT2D eigenvalue weighted by atomic mass is 127. The molecule has 38 heavy (non-hydrogen) atoms. The molecule has 0 spiro atoms. The summed E-state index contributed by atoms with van der Waals surface area (Å²) in [5, 5.41) is 11.8. The number of carboxylic acids is 1. The number of carbonyl (C=O) groups is 1. The van der Waals surface area contributed by atoms with Crippen LogP contribution >= 0.6 is 22.6 Å². The first-order chi connectivity index (χ1) is 18.4. The van der Waals surface area contributed by atoms with Crippen LogP contribution in [0.4, 0.5) is 8.78 Å². The molecule has 7 heteroatoms. The van der Waals surface area contributed by atoms with E-state index in [2.05, 4.69) is 0 Å². The van der Waals surface area contributed by atoms with Crippen LogP contribution in [0.3, 0.4) is 0 Å². The summed E-state index contributed by atoms with van der Waals surface area (Å²) in [5.41, 5.74) is 1.01. The molecule has 4 aromatic rings. The van der Waals surface area contributed by atoms with Gasteiger partial charge in [0.1, 0.15) is 5.60 Å². The zero-order valence-electron chi connectivity index (χ0n) is 20.2. The van der Waals surface area contributed by atoms with E-state index in [9.17, 15) is 9.90 Å². The van der Waals surface area contributed by atoms with Crippen molar-refractivity contribution in [2.45, 2.75) is 27.7 Å². The highest BCUT2D eigenvalue weighted by molar-refractivity contribution is 14.1. The van der Waals surface area contributed by atoms with E-state index in [-0.39, 0.29) is 17.7 Å². The van der Waals surface area contributed by atoms with E-state index < -0.39 is 33.6 Å². The highest BCUT2D eigenvalue weighted by Crippen LogP contribution is 2.51. The normalized spacial score (nSPS) is 20.8. The Hall–Kier alpha value is -3.14. The number of ether oxygens (including phenoxy) is 2. The highest BCUT2D eigenvalue weighted by Gasteiger charge is 2.59. The van der Waals surface area contributed by atoms with Crippen molar-refractivity contribution in [1.82, 2.24) is 0 Å². The van der Waals surface area contributed by atoms with E-state index in [0.29, 0.717) is 0 Å². The van der Waals surface area contributed by atoms with Crippen molar-refractivity contribution in [1.29, 1.82) is 0 Å². The number of alkyl halides is 3. The summed E-state index contributed by atoms with van der Waals surface area (Å²) in [6.07, 6.45) is -1.12. The van der Waals surface area contributed by atoms with Gasteiger partial charge in [-0.3, -0.25) is 0 Å². The minimum Gasteiger partial charge on any atom is -0.545 e. The Morgan fingerprint density at radius 3 is 1.74 bits per heavy atom. The summed E-state index contributed by atoms with van der Waals surface area (Å²) in [5.74, 6) is -6.40. The third-order valence-corrected chi connectivity index (χ3v) is 8.03. The molecule has 4 aromatic carbocycles. The van der Waals surface area contributed by atoms with Crippen LogP contribution in [0.15, 0.2) is 115 Å². The number of halogens is 3. The first kappa shape index (κ1) is 26.5. The average Bonchev–Trinajstić information content (AvgIpc) is 3.18. The van der Waals surface area contributed by atoms with Crippen LogP contribution in [0, 0.1) is 0 Å². The Morgan fingerprint density at radius 2 is 1.26 bits per heavy atom. The quantitative estimate of drug-likeness (QED) is 0.138. The van der Waals surface area contributed by atoms with Gasteiger partial charge < -0.3 is 19.4 Å². The van der Waals surface area contributed by atoms with E-state index in [0.717, 1.165) is 16.7 Å². The predicted molar refractivity (Wildman–Crippen MR) is 146 cm³/mol. The fraction of sp³-hybridized carbons (Fsp3) is 0.194. The minimum atomic E-state index is -3.34. The van der Waals surface area contributed by atoms with Crippen LogP contribution in [0.2, 0.25) is 0 Å². The topological polar surface area (TPSA) is 58.6 Å². The van der Waals surface area contributed by atoms with Gasteiger partial charge in [-0.1, -0.05) is 115 Å². The molecule has 1 unspecified atom stereocenters. The molecule has 194 valence electrons. The van der Waals surface area contributed by atoms with Gasteiger partial charge in [-0.05, 0) is 44.8 Å². The minimum absolute atomic E-state index is 0.0324. The molecule has 5 rings (SSSR count). The summed E-state index contributed by atoms with van der Waals surface area (Å²) in [7, 11) is 0. The van der Waals surface area contributed by atoms with Crippen LogP contribution < -0.4 is 5.11 Å². The lowest BCUT2D eigenvalue weighted by molar-refractivity contribution is -0.255. The molecule has 0 radical (unpaired) electrons. The van der Waals surface area contributed by atoms with Crippen molar-refractivity contribution in [2.75, 3.05) is 6.61 Å². The molecule has 0 bridgehead atoms. The molecule has 1 heterocycles. The molecule has 1 aliphatic rings. The Kier molecular flexibility index (Phi) is 7.61. The van der Waals surface area contributed by atoms with Crippen molar-refractivity contribution in [2.24, 2.45) is 0 Å². The van der Waals surface area contributed by atoms with Gasteiger partial charge in [-0.2, -0.15) is 0 Å². The predicted octanol–water partition coefficient (Wildman–Crippen LogP) is 5.94. The van der Waals surface area contributed by atoms with Gasteiger partial charge in [0.05, 0.1) is 24.6 Å². The van der Waals surface area contributed by atoms with Crippen LogP contribution in [0.25, 0.3) is 0 Å². The maximum Gasteiger partial charge on any atom is 0.292 e. The van der Waals surface area contributed by atoms with E-state index in [1.165, 1.54) is 18.2 Å². The lowest BCUT2D eigenvalue weighted by Crippen LogP contribution is -2.39. The summed E-state index contributed by atoms with van der Waals surface area (Å²) >= 11 is 1.57. The lowest BCUT2D eigenvalue weighted by Gasteiger charge is -2.37. The Morgan fingerprint density at radius 1 is 0.816 bits per heavy atom. The number of benzene rings is 4. The SMILES string of the molecule is O=C([O-])c1ccccc1[C@@H]1[C@H](COC(c2ccccc2)(c2ccccc2)c2ccccc2)OC(I)C1(F)F. The summed E-state index contributed by atoms with van der Waals surface area (Å²) < 4.78 is 42.2. The lowest BCUT2D eigenvalue weighted by atomic mass is 9.80. The molecule has 0 N–H and O–H groups in total. The molecule has 0 aromatic heterocycles. The van der Waals surface area contributed by atoms with E-state index in [4.69, 9.17) is 9.47 Å². The van der Waals surface area contributed by atoms with Gasteiger partial charge >= 0.3 is 0 Å². The second-order valence-corrected chi connectivity index (χ2v) is 10.2. The van der Waals surface area contributed by atoms with E-state index in [1.54, 1.807) is 28.7 Å². The van der Waals surface area contributed by atoms with Crippen molar-refractivity contribution in [3.8, 4) is 0 Å². The standard InChI is InChI=1S/C31H25F2IO4/c32-31(33)27(24-18-10-11-19-25(24)28(35)36)26(38-29(31)34)20-37-30(21-12-4-1-5-13-21,22-14-6-2-7-15-22)23-16-8-3-9-17-23/h1-19,26-27,29H,20H2,(H,35,36)/p-1/t26-,27+,29?/m0/s1. The van der Waals surface area contributed by atoms with Gasteiger partial charge in [-0.25, -0.2) is 8.78 Å². The molecule has 0 saturated carbocycles. The second kappa shape index (κ2) is 10.9. The molecule has 1 fully saturated rings. The fourth-order valence-electron chi connectivity index (χ4n) is 5.18. The first-order valence-electron chi connectivity index (χ1n) is 12.1. The Balaban J connectivity index is 1.62. The number of hydrogen-bond donors (Lipinski definition) is 0. The van der Waals surface area contributed by atoms with Crippen molar-refractivity contribution < 1.29 is 28.2 Å². The number of aromatic carboxylic acids is 1. The van der Waals surface area contributed by atoms with Crippen molar-refractivity contribution in [3.63, 3.8) is 0 Å². The van der Waals surface area contributed by atoms with Gasteiger partial charge in [0.25, 0.3) is 5.92 Å². The van der Waals surface area contributed by atoms with Crippen LogP contribution in [0.5, 0.6) is 0 Å². The summed E-state index contributed by atoms with van der Waals surface area (Å²) in [6, 6.07) is 34.5. The molecule has 0 aliphatic carbocycles. The molecule has 3 atom stereocenters. The van der Waals surface area contributed by atoms with Gasteiger partial charge in [0, 0.05) is 5.56 Å². The number of carbonyl (C=O) groups excluding carboxylic acids is 1. The van der Waals surface area contributed by atoms with Crippen LogP contribution in [0.1, 0.15) is 38.5 Å². The molecule has 1 aliphatic heterocycles. The zero-order valence-corrected chi connectivity index (χ0v) is 22.3. The Bertz CT molecular complexity index is 1290. The van der Waals surface area contributed by atoms with Crippen molar-refractivity contribution >= 4 is 28.6 Å². The first-order valence-corrected chi connectivity index (χ1v) is 13.4. The maximum atomic E-state index is 15.6. The van der Waals surface area contributed by atoms with Gasteiger partial charge in [-0.15, -0.1) is 0 Å². The van der Waals surface area contributed by atoms with Crippen LogP contribution in [-0.4, -0.2) is 28.7 Å². The maximum absolute atomic E-state index is 15.6. The third-order valence-electron chi connectivity index (χ3n) is 6.90. The Labute approximate surface area is 233 Å². The largest absolute Gasteiger partial charge is 0.545 e. The van der Waals surface area contributed by atoms with Gasteiger partial charge in [0.2, 0.25) is 0 Å². The van der Waals surface area contributed by atoms with E-state index in [1.807, 2.05) is 91.0 Å². The number of hydrogen-bond acceptors (Lipinski definition) is 4. The van der Waals surface area contributed by atoms with Gasteiger partial charge in [0.15, 0.2) is 4.11 Å². The molecule has 0 amide bonds. The zero-order chi connectivity index (χ0) is 26.8. The molecule has 4 nitrogen and oxygen atoms in total. The van der Waals surface area contributed by atoms with Crippen LogP contribution in [-0.2, 0) is 15.1 Å². The number of rotatable bonds is 8. The molecular formula is C31H24F2IO4-. The monoisotopic (exact) mass is 625 g/mol. The third kappa shape index (κ3) is 4.74. The number of carboxylic acid groups (broad SMARTS) is 1. The average molecular weight is 625 g/mol. The fourth-order valence-corrected chi connectivity index (χ4v) is 5.95.